The van der Waals surface area contributed by atoms with Crippen molar-refractivity contribution in [2.24, 2.45) is 0 Å². The largest absolute Gasteiger partial charge is 0.0804 e. The Hall–Kier alpha value is -5.46. The van der Waals surface area contributed by atoms with Gasteiger partial charge in [0.25, 0.3) is 0 Å². The topological polar surface area (TPSA) is 0 Å². The first-order chi connectivity index (χ1) is 27.7. The van der Waals surface area contributed by atoms with Crippen molar-refractivity contribution in [3.8, 4) is 33.4 Å². The third kappa shape index (κ3) is 16.7. The van der Waals surface area contributed by atoms with Gasteiger partial charge in [-0.05, 0) is 108 Å². The van der Waals surface area contributed by atoms with E-state index in [0.29, 0.717) is 0 Å². The van der Waals surface area contributed by atoms with E-state index in [4.69, 9.17) is 0 Å². The zero-order chi connectivity index (χ0) is 41.8. The summed E-state index contributed by atoms with van der Waals surface area (Å²) in [5.74, 6) is 0. The van der Waals surface area contributed by atoms with E-state index in [1.54, 1.807) is 0 Å². The molecule has 6 aromatic rings. The third-order valence-corrected chi connectivity index (χ3v) is 9.10. The summed E-state index contributed by atoms with van der Waals surface area (Å²) in [5, 5.41) is 0. The predicted molar refractivity (Wildman–Crippen MR) is 258 cm³/mol. The highest BCUT2D eigenvalue weighted by molar-refractivity contribution is 5.89. The van der Waals surface area contributed by atoms with Crippen molar-refractivity contribution in [3.63, 3.8) is 0 Å². The van der Waals surface area contributed by atoms with E-state index < -0.39 is 0 Å². The Kier molecular flexibility index (Phi) is 23.4. The third-order valence-electron chi connectivity index (χ3n) is 9.10. The molecular weight excluding hydrogens is 685 g/mol. The van der Waals surface area contributed by atoms with Gasteiger partial charge in [-0.1, -0.05) is 242 Å². The van der Waals surface area contributed by atoms with Crippen LogP contribution >= 0.6 is 0 Å². The Balaban J connectivity index is 0.000000287. The minimum atomic E-state index is 1.04. The second-order valence-corrected chi connectivity index (χ2v) is 14.2. The SMILES string of the molecule is CC.CC1=CC(c2cccc(-c3ccccc3)c2)=CC=CC1.CCC.CCCC.Cc1ccccc1.Cc1ccccc1-c1c(C)ccc(C)c1-c1ccccc1. The molecular formula is C57H70. The summed E-state index contributed by atoms with van der Waals surface area (Å²) in [4.78, 5) is 0. The first kappa shape index (κ1) is 47.7. The van der Waals surface area contributed by atoms with E-state index in [2.05, 4.69) is 220 Å². The normalized spacial score (nSPS) is 11.0. The number of benzene rings is 6. The van der Waals surface area contributed by atoms with Gasteiger partial charge in [0.05, 0.1) is 0 Å². The molecule has 7 rings (SSSR count). The van der Waals surface area contributed by atoms with Gasteiger partial charge in [0.1, 0.15) is 0 Å². The lowest BCUT2D eigenvalue weighted by atomic mass is 9.86. The molecule has 0 unspecified atom stereocenters. The molecule has 0 aliphatic heterocycles. The van der Waals surface area contributed by atoms with Crippen LogP contribution in [0.15, 0.2) is 182 Å². The highest BCUT2D eigenvalue weighted by atomic mass is 14.2. The van der Waals surface area contributed by atoms with Gasteiger partial charge in [-0.25, -0.2) is 0 Å². The summed E-state index contributed by atoms with van der Waals surface area (Å²) in [5.41, 5.74) is 17.1. The van der Waals surface area contributed by atoms with Crippen LogP contribution in [0.3, 0.4) is 0 Å². The molecule has 0 saturated carbocycles. The van der Waals surface area contributed by atoms with Crippen LogP contribution < -0.4 is 0 Å². The molecule has 1 aliphatic rings. The maximum absolute atomic E-state index is 2.28. The lowest BCUT2D eigenvalue weighted by Gasteiger charge is -2.18. The molecule has 0 nitrogen and oxygen atoms in total. The van der Waals surface area contributed by atoms with Crippen LogP contribution in [0.1, 0.15) is 102 Å². The molecule has 0 aromatic heterocycles. The summed E-state index contributed by atoms with van der Waals surface area (Å²) in [7, 11) is 0. The predicted octanol–water partition coefficient (Wildman–Crippen LogP) is 17.8. The fraction of sp³-hybridized carbons (Fsp3) is 0.263. The van der Waals surface area contributed by atoms with Crippen LogP contribution in [-0.2, 0) is 0 Å². The summed E-state index contributed by atoms with van der Waals surface area (Å²) in [6.45, 7) is 23.5. The zero-order valence-corrected chi connectivity index (χ0v) is 37.1. The molecule has 6 aromatic carbocycles. The van der Waals surface area contributed by atoms with Crippen LogP contribution in [0.2, 0.25) is 0 Å². The van der Waals surface area contributed by atoms with Crippen molar-refractivity contribution >= 4 is 5.57 Å². The number of hydrogen-bond acceptors (Lipinski definition) is 0. The zero-order valence-electron chi connectivity index (χ0n) is 37.1. The Morgan fingerprint density at radius 2 is 0.912 bits per heavy atom. The van der Waals surface area contributed by atoms with E-state index in [-0.39, 0.29) is 0 Å². The fourth-order valence-electron chi connectivity index (χ4n) is 6.01. The number of rotatable bonds is 5. The Bertz CT molecular complexity index is 2060. The maximum Gasteiger partial charge on any atom is -0.00708 e. The van der Waals surface area contributed by atoms with Crippen LogP contribution in [0.4, 0.5) is 0 Å². The average molecular weight is 755 g/mol. The van der Waals surface area contributed by atoms with E-state index in [9.17, 15) is 0 Å². The van der Waals surface area contributed by atoms with E-state index in [1.165, 1.54) is 91.6 Å². The smallest absolute Gasteiger partial charge is 0.00708 e. The van der Waals surface area contributed by atoms with Gasteiger partial charge < -0.3 is 0 Å². The summed E-state index contributed by atoms with van der Waals surface area (Å²) >= 11 is 0. The quantitative estimate of drug-likeness (QED) is 0.164. The van der Waals surface area contributed by atoms with E-state index >= 15 is 0 Å². The molecule has 0 bridgehead atoms. The Morgan fingerprint density at radius 1 is 0.439 bits per heavy atom. The number of unbranched alkanes of at least 4 members (excludes halogenated alkanes) is 1. The molecule has 0 saturated heterocycles. The Morgan fingerprint density at radius 3 is 1.44 bits per heavy atom. The molecule has 0 radical (unpaired) electrons. The number of hydrogen-bond donors (Lipinski definition) is 0. The van der Waals surface area contributed by atoms with Gasteiger partial charge in [-0.2, -0.15) is 0 Å². The molecule has 0 heterocycles. The fourth-order valence-corrected chi connectivity index (χ4v) is 6.01. The summed E-state index contributed by atoms with van der Waals surface area (Å²) in [6.07, 6.45) is 13.8. The molecule has 0 N–H and O–H groups in total. The standard InChI is InChI=1S/C21H20.C20H18.C7H8.C4H10.C3H8.C2H6/c1-15-9-7-8-12-19(15)21-17(3)14-13-16(2)20(21)18-10-5-4-6-11-18;1-16-8-5-6-11-18(14-16)20-13-7-12-19(15-20)17-9-3-2-4-10-17;1-7-5-3-2-4-6-7;1-3-4-2;1-3-2;1-2/h4-14H,1-3H3;2-7,9-15H,8H2,1H3;2-6H,1H3;3-4H2,1-2H3;3H2,1-2H3;1-2H3. The van der Waals surface area contributed by atoms with Gasteiger partial charge in [-0.15, -0.1) is 0 Å². The molecule has 0 amide bonds. The molecule has 1 aliphatic carbocycles. The van der Waals surface area contributed by atoms with Crippen molar-refractivity contribution in [1.82, 2.24) is 0 Å². The highest BCUT2D eigenvalue weighted by Crippen LogP contribution is 2.38. The second kappa shape index (κ2) is 28.0. The second-order valence-electron chi connectivity index (χ2n) is 14.2. The van der Waals surface area contributed by atoms with Crippen molar-refractivity contribution in [1.29, 1.82) is 0 Å². The van der Waals surface area contributed by atoms with Crippen LogP contribution in [0.5, 0.6) is 0 Å². The van der Waals surface area contributed by atoms with Crippen LogP contribution in [0.25, 0.3) is 39.0 Å². The van der Waals surface area contributed by atoms with Crippen LogP contribution in [-0.4, -0.2) is 0 Å². The van der Waals surface area contributed by atoms with E-state index in [1.807, 2.05) is 32.0 Å². The van der Waals surface area contributed by atoms with Crippen molar-refractivity contribution < 1.29 is 0 Å². The molecule has 298 valence electrons. The molecule has 0 spiro atoms. The Labute approximate surface area is 348 Å². The molecule has 57 heavy (non-hydrogen) atoms. The molecule has 0 fully saturated rings. The molecule has 0 atom stereocenters. The first-order valence-corrected chi connectivity index (χ1v) is 21.2. The van der Waals surface area contributed by atoms with E-state index in [0.717, 1.165) is 6.42 Å². The summed E-state index contributed by atoms with van der Waals surface area (Å²) in [6, 6.07) is 53.3. The van der Waals surface area contributed by atoms with Crippen molar-refractivity contribution in [2.75, 3.05) is 0 Å². The maximum atomic E-state index is 2.28. The van der Waals surface area contributed by atoms with Crippen LogP contribution in [0, 0.1) is 27.7 Å². The molecule has 0 heteroatoms. The van der Waals surface area contributed by atoms with Gasteiger partial charge in [0.15, 0.2) is 0 Å². The minimum Gasteiger partial charge on any atom is -0.0804 e. The minimum absolute atomic E-state index is 1.04. The average Bonchev–Trinajstić information content (AvgIpc) is 3.48. The van der Waals surface area contributed by atoms with Crippen molar-refractivity contribution in [2.45, 2.75) is 102 Å². The monoisotopic (exact) mass is 755 g/mol. The first-order valence-electron chi connectivity index (χ1n) is 21.2. The van der Waals surface area contributed by atoms with Gasteiger partial charge in [0.2, 0.25) is 0 Å². The van der Waals surface area contributed by atoms with Gasteiger partial charge in [-0.3, -0.25) is 0 Å². The van der Waals surface area contributed by atoms with Gasteiger partial charge in [0, 0.05) is 0 Å². The van der Waals surface area contributed by atoms with Gasteiger partial charge >= 0.3 is 0 Å². The number of aryl methyl sites for hydroxylation is 4. The lowest BCUT2D eigenvalue weighted by molar-refractivity contribution is 0.886. The summed E-state index contributed by atoms with van der Waals surface area (Å²) < 4.78 is 0. The highest BCUT2D eigenvalue weighted by Gasteiger charge is 2.14. The van der Waals surface area contributed by atoms with Crippen molar-refractivity contribution in [3.05, 3.63) is 209 Å². The number of allylic oxidation sites excluding steroid dienone is 6. The lowest BCUT2D eigenvalue weighted by Crippen LogP contribution is -1.94.